The number of benzene rings is 2. The summed E-state index contributed by atoms with van der Waals surface area (Å²) in [6, 6.07) is 12.0. The molecule has 0 aliphatic rings. The Morgan fingerprint density at radius 2 is 1.86 bits per heavy atom. The van der Waals surface area contributed by atoms with Crippen molar-refractivity contribution in [2.24, 2.45) is 0 Å². The van der Waals surface area contributed by atoms with Gasteiger partial charge in [0.25, 0.3) is 10.0 Å². The molecule has 0 aliphatic heterocycles. The van der Waals surface area contributed by atoms with Crippen molar-refractivity contribution in [2.45, 2.75) is 11.3 Å². The fourth-order valence-corrected chi connectivity index (χ4v) is 2.91. The number of aromatic hydroxyl groups is 1. The van der Waals surface area contributed by atoms with Crippen molar-refractivity contribution < 1.29 is 13.5 Å². The van der Waals surface area contributed by atoms with Crippen LogP contribution >= 0.6 is 11.6 Å². The lowest BCUT2D eigenvalue weighted by atomic mass is 10.2. The second-order valence-electron chi connectivity index (χ2n) is 4.25. The molecule has 0 amide bonds. The van der Waals surface area contributed by atoms with Gasteiger partial charge in [-0.2, -0.15) is 5.26 Å². The number of phenolic OH excluding ortho intramolecular Hbond substituents is 1. The average molecular weight is 323 g/mol. The molecule has 5 nitrogen and oxygen atoms in total. The van der Waals surface area contributed by atoms with E-state index in [4.69, 9.17) is 16.9 Å². The molecule has 0 radical (unpaired) electrons. The second kappa shape index (κ2) is 6.04. The van der Waals surface area contributed by atoms with E-state index >= 15 is 0 Å². The van der Waals surface area contributed by atoms with E-state index in [9.17, 15) is 13.5 Å². The largest absolute Gasteiger partial charge is 0.506 e. The van der Waals surface area contributed by atoms with Crippen LogP contribution < -0.4 is 4.72 Å². The van der Waals surface area contributed by atoms with Gasteiger partial charge in [-0.15, -0.1) is 0 Å². The minimum Gasteiger partial charge on any atom is -0.506 e. The van der Waals surface area contributed by atoms with E-state index in [-0.39, 0.29) is 22.8 Å². The van der Waals surface area contributed by atoms with Gasteiger partial charge in [-0.3, -0.25) is 4.72 Å². The number of nitriles is 1. The Morgan fingerprint density at radius 1 is 1.19 bits per heavy atom. The van der Waals surface area contributed by atoms with E-state index in [2.05, 4.69) is 4.72 Å². The van der Waals surface area contributed by atoms with E-state index in [1.54, 1.807) is 12.1 Å². The van der Waals surface area contributed by atoms with E-state index < -0.39 is 10.0 Å². The van der Waals surface area contributed by atoms with Gasteiger partial charge in [-0.25, -0.2) is 8.42 Å². The average Bonchev–Trinajstić information content (AvgIpc) is 2.43. The third-order valence-corrected chi connectivity index (χ3v) is 4.34. The SMILES string of the molecule is N#CCc1ccc(S(=O)(=O)Nc2ccc(Cl)cc2O)cc1. The highest BCUT2D eigenvalue weighted by Gasteiger charge is 2.16. The Bertz CT molecular complexity index is 796. The van der Waals surface area contributed by atoms with Gasteiger partial charge in [0.05, 0.1) is 23.1 Å². The van der Waals surface area contributed by atoms with Crippen LogP contribution in [0.3, 0.4) is 0 Å². The molecule has 0 aliphatic carbocycles. The summed E-state index contributed by atoms with van der Waals surface area (Å²) in [5.41, 5.74) is 0.770. The molecule has 0 heterocycles. The van der Waals surface area contributed by atoms with Crippen LogP contribution in [0.5, 0.6) is 5.75 Å². The third-order valence-electron chi connectivity index (χ3n) is 2.72. The van der Waals surface area contributed by atoms with E-state index in [1.807, 2.05) is 6.07 Å². The molecule has 0 saturated heterocycles. The quantitative estimate of drug-likeness (QED) is 0.847. The second-order valence-corrected chi connectivity index (χ2v) is 6.36. The fourth-order valence-electron chi connectivity index (χ4n) is 1.67. The number of anilines is 1. The summed E-state index contributed by atoms with van der Waals surface area (Å²) in [4.78, 5) is 0.0403. The summed E-state index contributed by atoms with van der Waals surface area (Å²) in [7, 11) is -3.82. The number of phenols is 1. The third kappa shape index (κ3) is 3.66. The first-order valence-corrected chi connectivity index (χ1v) is 7.76. The summed E-state index contributed by atoms with van der Waals surface area (Å²) < 4.78 is 26.7. The van der Waals surface area contributed by atoms with Crippen LogP contribution in [0, 0.1) is 11.3 Å². The maximum atomic E-state index is 12.2. The van der Waals surface area contributed by atoms with Crippen LogP contribution in [-0.2, 0) is 16.4 Å². The summed E-state index contributed by atoms with van der Waals surface area (Å²) in [6.07, 6.45) is 0.214. The van der Waals surface area contributed by atoms with Gasteiger partial charge >= 0.3 is 0 Å². The Balaban J connectivity index is 2.27. The number of halogens is 1. The zero-order valence-corrected chi connectivity index (χ0v) is 12.3. The summed E-state index contributed by atoms with van der Waals surface area (Å²) in [6.45, 7) is 0. The zero-order valence-electron chi connectivity index (χ0n) is 10.7. The highest BCUT2D eigenvalue weighted by molar-refractivity contribution is 7.92. The molecule has 0 saturated carbocycles. The molecular formula is C14H11ClN2O3S. The molecule has 0 unspecified atom stereocenters. The molecule has 2 aromatic carbocycles. The molecule has 0 bridgehead atoms. The van der Waals surface area contributed by atoms with Crippen molar-refractivity contribution in [3.8, 4) is 11.8 Å². The highest BCUT2D eigenvalue weighted by atomic mass is 35.5. The van der Waals surface area contributed by atoms with Crippen molar-refractivity contribution >= 4 is 27.3 Å². The van der Waals surface area contributed by atoms with Crippen LogP contribution in [0.15, 0.2) is 47.4 Å². The van der Waals surface area contributed by atoms with Crippen molar-refractivity contribution in [3.63, 3.8) is 0 Å². The Labute approximate surface area is 127 Å². The Hall–Kier alpha value is -2.23. The number of hydrogen-bond donors (Lipinski definition) is 2. The molecule has 2 aromatic rings. The van der Waals surface area contributed by atoms with Crippen LogP contribution in [0.2, 0.25) is 5.02 Å². The summed E-state index contributed by atoms with van der Waals surface area (Å²) in [5, 5.41) is 18.5. The first kappa shape index (κ1) is 15.2. The van der Waals surface area contributed by atoms with E-state index in [1.165, 1.54) is 30.3 Å². The molecule has 7 heteroatoms. The standard InChI is InChI=1S/C14H11ClN2O3S/c15-11-3-6-13(14(18)9-11)17-21(19,20)12-4-1-10(2-5-12)7-8-16/h1-6,9,17-18H,7H2. The van der Waals surface area contributed by atoms with Crippen molar-refractivity contribution in [3.05, 3.63) is 53.1 Å². The summed E-state index contributed by atoms with van der Waals surface area (Å²) in [5.74, 6) is -0.257. The van der Waals surface area contributed by atoms with Crippen LogP contribution in [0.1, 0.15) is 5.56 Å². The van der Waals surface area contributed by atoms with E-state index in [0.29, 0.717) is 5.02 Å². The van der Waals surface area contributed by atoms with Gasteiger partial charge in [0, 0.05) is 11.1 Å². The smallest absolute Gasteiger partial charge is 0.262 e. The van der Waals surface area contributed by atoms with Crippen molar-refractivity contribution in [1.29, 1.82) is 5.26 Å². The minimum atomic E-state index is -3.82. The minimum absolute atomic E-state index is 0.0403. The lowest BCUT2D eigenvalue weighted by Gasteiger charge is -2.10. The number of nitrogens with one attached hydrogen (secondary N) is 1. The number of sulfonamides is 1. The Morgan fingerprint density at radius 3 is 2.43 bits per heavy atom. The predicted molar refractivity (Wildman–Crippen MR) is 79.7 cm³/mol. The van der Waals surface area contributed by atoms with E-state index in [0.717, 1.165) is 5.56 Å². The van der Waals surface area contributed by atoms with Gasteiger partial charge in [0.2, 0.25) is 0 Å². The van der Waals surface area contributed by atoms with Gasteiger partial charge in [-0.05, 0) is 29.8 Å². The predicted octanol–water partition coefficient (Wildman–Crippen LogP) is 2.91. The molecule has 0 atom stereocenters. The number of hydrogen-bond acceptors (Lipinski definition) is 4. The maximum Gasteiger partial charge on any atom is 0.262 e. The number of nitrogens with zero attached hydrogens (tertiary/aromatic N) is 1. The van der Waals surface area contributed by atoms with Gasteiger partial charge in [0.15, 0.2) is 0 Å². The molecule has 0 spiro atoms. The van der Waals surface area contributed by atoms with Crippen LogP contribution in [0.4, 0.5) is 5.69 Å². The molecule has 2 rings (SSSR count). The van der Waals surface area contributed by atoms with Crippen LogP contribution in [-0.4, -0.2) is 13.5 Å². The van der Waals surface area contributed by atoms with Crippen molar-refractivity contribution in [2.75, 3.05) is 4.72 Å². The first-order valence-electron chi connectivity index (χ1n) is 5.89. The zero-order chi connectivity index (χ0) is 15.5. The normalized spacial score (nSPS) is 10.9. The highest BCUT2D eigenvalue weighted by Crippen LogP contribution is 2.28. The fraction of sp³-hybridized carbons (Fsp3) is 0.0714. The topological polar surface area (TPSA) is 90.2 Å². The van der Waals surface area contributed by atoms with Crippen LogP contribution in [0.25, 0.3) is 0 Å². The molecule has 2 N–H and O–H groups in total. The molecule has 0 fully saturated rings. The van der Waals surface area contributed by atoms with Crippen molar-refractivity contribution in [1.82, 2.24) is 0 Å². The van der Waals surface area contributed by atoms with Gasteiger partial charge in [-0.1, -0.05) is 23.7 Å². The molecule has 0 aromatic heterocycles. The lowest BCUT2D eigenvalue weighted by Crippen LogP contribution is -2.13. The van der Waals surface area contributed by atoms with Gasteiger partial charge in [0.1, 0.15) is 5.75 Å². The molecule has 21 heavy (non-hydrogen) atoms. The molecule has 108 valence electrons. The maximum absolute atomic E-state index is 12.2. The first-order chi connectivity index (χ1) is 9.92. The van der Waals surface area contributed by atoms with Gasteiger partial charge < -0.3 is 5.11 Å². The molecular weight excluding hydrogens is 312 g/mol. The monoisotopic (exact) mass is 322 g/mol. The lowest BCUT2D eigenvalue weighted by molar-refractivity contribution is 0.477. The Kier molecular flexibility index (Phi) is 4.36. The summed E-state index contributed by atoms with van der Waals surface area (Å²) >= 11 is 5.69. The number of rotatable bonds is 4.